The summed E-state index contributed by atoms with van der Waals surface area (Å²) in [5, 5.41) is 0. The summed E-state index contributed by atoms with van der Waals surface area (Å²) >= 11 is 0. The largest absolute Gasteiger partial charge is 0.462 e. The third-order valence-corrected chi connectivity index (χ3v) is 10.7. The van der Waals surface area contributed by atoms with Crippen molar-refractivity contribution in [1.29, 1.82) is 0 Å². The lowest BCUT2D eigenvalue weighted by molar-refractivity contribution is -0.167. The van der Waals surface area contributed by atoms with E-state index in [1.165, 1.54) is 148 Å². The molecule has 0 aromatic heterocycles. The van der Waals surface area contributed by atoms with Crippen LogP contribution in [0.5, 0.6) is 0 Å². The highest BCUT2D eigenvalue weighted by molar-refractivity contribution is 5.71. The van der Waals surface area contributed by atoms with Crippen molar-refractivity contribution in [3.05, 3.63) is 24.3 Å². The van der Waals surface area contributed by atoms with Gasteiger partial charge in [-0.05, 0) is 44.9 Å². The number of carbonyl (C=O) groups is 3. The van der Waals surface area contributed by atoms with Crippen LogP contribution in [0.3, 0.4) is 0 Å². The zero-order valence-corrected chi connectivity index (χ0v) is 37.4. The summed E-state index contributed by atoms with van der Waals surface area (Å²) in [7, 11) is 0. The van der Waals surface area contributed by atoms with E-state index in [2.05, 4.69) is 45.1 Å². The Morgan fingerprint density at radius 3 is 0.964 bits per heavy atom. The molecule has 0 spiro atoms. The maximum Gasteiger partial charge on any atom is 0.306 e. The molecule has 1 atom stereocenters. The molecule has 6 heteroatoms. The second kappa shape index (κ2) is 45.6. The van der Waals surface area contributed by atoms with Gasteiger partial charge in [-0.3, -0.25) is 14.4 Å². The molecule has 0 saturated heterocycles. The van der Waals surface area contributed by atoms with Crippen LogP contribution in [0.4, 0.5) is 0 Å². The van der Waals surface area contributed by atoms with Crippen LogP contribution in [0.15, 0.2) is 24.3 Å². The first-order valence-corrected chi connectivity index (χ1v) is 24.4. The van der Waals surface area contributed by atoms with Gasteiger partial charge in [-0.1, -0.05) is 218 Å². The van der Waals surface area contributed by atoms with Crippen LogP contribution in [0.25, 0.3) is 0 Å². The molecule has 328 valence electrons. The van der Waals surface area contributed by atoms with Gasteiger partial charge in [0.25, 0.3) is 0 Å². The maximum atomic E-state index is 12.7. The lowest BCUT2D eigenvalue weighted by Crippen LogP contribution is -2.30. The third kappa shape index (κ3) is 43.0. The highest BCUT2D eigenvalue weighted by Gasteiger charge is 2.19. The van der Waals surface area contributed by atoms with Crippen LogP contribution in [0.2, 0.25) is 0 Å². The first kappa shape index (κ1) is 53.9. The van der Waals surface area contributed by atoms with Gasteiger partial charge in [0.05, 0.1) is 0 Å². The summed E-state index contributed by atoms with van der Waals surface area (Å²) in [6.45, 7) is 6.61. The van der Waals surface area contributed by atoms with Gasteiger partial charge >= 0.3 is 17.9 Å². The molecule has 6 nitrogen and oxygen atoms in total. The van der Waals surface area contributed by atoms with Gasteiger partial charge in [-0.2, -0.15) is 0 Å². The summed E-state index contributed by atoms with van der Waals surface area (Å²) in [5.74, 6) is -0.895. The molecule has 0 saturated carbocycles. The van der Waals surface area contributed by atoms with E-state index in [1.807, 2.05) is 0 Å². The first-order chi connectivity index (χ1) is 27.5. The standard InChI is InChI=1S/C50H92O6/c1-4-7-10-13-16-19-22-23-24-25-26-29-31-34-37-40-43-49(52)55-46-47(56-50(53)44-41-38-35-32-28-21-18-15-12-9-6-3)45-54-48(51)42-39-36-33-30-27-20-17-14-11-8-5-2/h24-26,29,47H,4-23,27-28,30-46H2,1-3H3/b25-24-,29-26-. The Morgan fingerprint density at radius 1 is 0.357 bits per heavy atom. The van der Waals surface area contributed by atoms with Crippen LogP contribution in [-0.2, 0) is 28.6 Å². The molecule has 0 rings (SSSR count). The number of hydrogen-bond donors (Lipinski definition) is 0. The van der Waals surface area contributed by atoms with Crippen LogP contribution in [0.1, 0.15) is 258 Å². The van der Waals surface area contributed by atoms with Crippen molar-refractivity contribution in [3.63, 3.8) is 0 Å². The lowest BCUT2D eigenvalue weighted by atomic mass is 10.1. The van der Waals surface area contributed by atoms with Crippen LogP contribution in [0, 0.1) is 0 Å². The molecule has 0 aliphatic rings. The van der Waals surface area contributed by atoms with Crippen molar-refractivity contribution in [2.24, 2.45) is 0 Å². The minimum Gasteiger partial charge on any atom is -0.462 e. The highest BCUT2D eigenvalue weighted by atomic mass is 16.6. The number of esters is 3. The number of carbonyl (C=O) groups excluding carboxylic acids is 3. The monoisotopic (exact) mass is 789 g/mol. The van der Waals surface area contributed by atoms with Gasteiger partial charge < -0.3 is 14.2 Å². The zero-order valence-electron chi connectivity index (χ0n) is 37.4. The second-order valence-electron chi connectivity index (χ2n) is 16.4. The van der Waals surface area contributed by atoms with Crippen molar-refractivity contribution < 1.29 is 28.6 Å². The number of rotatable bonds is 44. The van der Waals surface area contributed by atoms with Crippen molar-refractivity contribution in [2.45, 2.75) is 264 Å². The molecule has 0 heterocycles. The molecular weight excluding hydrogens is 697 g/mol. The van der Waals surface area contributed by atoms with Gasteiger partial charge in [-0.15, -0.1) is 0 Å². The summed E-state index contributed by atoms with van der Waals surface area (Å²) in [4.78, 5) is 37.8. The fraction of sp³-hybridized carbons (Fsp3) is 0.860. The maximum absolute atomic E-state index is 12.7. The summed E-state index contributed by atoms with van der Waals surface area (Å²) in [5.41, 5.74) is 0. The Labute approximate surface area is 347 Å². The zero-order chi connectivity index (χ0) is 40.8. The molecule has 0 fully saturated rings. The van der Waals surface area contributed by atoms with Crippen LogP contribution >= 0.6 is 0 Å². The van der Waals surface area contributed by atoms with Gasteiger partial charge in [0, 0.05) is 19.3 Å². The molecule has 0 aliphatic heterocycles. The summed E-state index contributed by atoms with van der Waals surface area (Å²) in [6.07, 6.45) is 50.1. The predicted octanol–water partition coefficient (Wildman–Crippen LogP) is 15.6. The Hall–Kier alpha value is -2.11. The quantitative estimate of drug-likeness (QED) is 0.0265. The normalized spacial score (nSPS) is 12.1. The molecular formula is C50H92O6. The van der Waals surface area contributed by atoms with Crippen molar-refractivity contribution in [2.75, 3.05) is 13.2 Å². The number of unbranched alkanes of at least 4 members (excludes halogenated alkanes) is 30. The minimum atomic E-state index is -0.774. The SMILES string of the molecule is CCCCCCCCC/C=C\C=C/CCCCCC(=O)OCC(COC(=O)CCCCCCCCCCCCC)OC(=O)CCCCCCCCCCCCC. The third-order valence-electron chi connectivity index (χ3n) is 10.7. The van der Waals surface area contributed by atoms with Crippen molar-refractivity contribution in [3.8, 4) is 0 Å². The van der Waals surface area contributed by atoms with Gasteiger partial charge in [0.2, 0.25) is 0 Å². The predicted molar refractivity (Wildman–Crippen MR) is 238 cm³/mol. The fourth-order valence-corrected chi connectivity index (χ4v) is 7.02. The summed E-state index contributed by atoms with van der Waals surface area (Å²) in [6, 6.07) is 0. The van der Waals surface area contributed by atoms with E-state index >= 15 is 0 Å². The molecule has 0 aliphatic carbocycles. The Balaban J connectivity index is 4.36. The van der Waals surface area contributed by atoms with E-state index in [0.717, 1.165) is 70.6 Å². The van der Waals surface area contributed by atoms with Crippen LogP contribution < -0.4 is 0 Å². The Kier molecular flexibility index (Phi) is 43.9. The van der Waals surface area contributed by atoms with Crippen molar-refractivity contribution in [1.82, 2.24) is 0 Å². The Bertz CT molecular complexity index is 911. The van der Waals surface area contributed by atoms with E-state index in [9.17, 15) is 14.4 Å². The summed E-state index contributed by atoms with van der Waals surface area (Å²) < 4.78 is 16.7. The lowest BCUT2D eigenvalue weighted by Gasteiger charge is -2.18. The van der Waals surface area contributed by atoms with E-state index in [-0.39, 0.29) is 31.1 Å². The molecule has 1 unspecified atom stereocenters. The number of allylic oxidation sites excluding steroid dienone is 4. The smallest absolute Gasteiger partial charge is 0.306 e. The van der Waals surface area contributed by atoms with E-state index in [1.54, 1.807) is 0 Å². The highest BCUT2D eigenvalue weighted by Crippen LogP contribution is 2.15. The van der Waals surface area contributed by atoms with E-state index in [0.29, 0.717) is 19.3 Å². The topological polar surface area (TPSA) is 78.9 Å². The molecule has 0 radical (unpaired) electrons. The minimum absolute atomic E-state index is 0.0754. The molecule has 0 bridgehead atoms. The molecule has 0 aromatic carbocycles. The first-order valence-electron chi connectivity index (χ1n) is 24.4. The Morgan fingerprint density at radius 2 is 0.625 bits per heavy atom. The molecule has 0 aromatic rings. The average Bonchev–Trinajstić information content (AvgIpc) is 3.19. The van der Waals surface area contributed by atoms with Crippen molar-refractivity contribution >= 4 is 17.9 Å². The van der Waals surface area contributed by atoms with Crippen LogP contribution in [-0.4, -0.2) is 37.2 Å². The van der Waals surface area contributed by atoms with Gasteiger partial charge in [0.1, 0.15) is 13.2 Å². The van der Waals surface area contributed by atoms with E-state index < -0.39 is 6.10 Å². The van der Waals surface area contributed by atoms with Gasteiger partial charge in [-0.25, -0.2) is 0 Å². The van der Waals surface area contributed by atoms with Gasteiger partial charge in [0.15, 0.2) is 6.10 Å². The second-order valence-corrected chi connectivity index (χ2v) is 16.4. The number of ether oxygens (including phenoxy) is 3. The van der Waals surface area contributed by atoms with E-state index in [4.69, 9.17) is 14.2 Å². The fourth-order valence-electron chi connectivity index (χ4n) is 7.02. The molecule has 0 amide bonds. The molecule has 0 N–H and O–H groups in total. The average molecular weight is 789 g/mol. The number of hydrogen-bond acceptors (Lipinski definition) is 6. The molecule has 56 heavy (non-hydrogen) atoms.